The second kappa shape index (κ2) is 5.99. The van der Waals surface area contributed by atoms with E-state index in [1.165, 1.54) is 0 Å². The number of methoxy groups -OCH3 is 1. The predicted molar refractivity (Wildman–Crippen MR) is 83.2 cm³/mol. The number of benzene rings is 1. The Labute approximate surface area is 136 Å². The molecule has 0 unspecified atom stereocenters. The van der Waals surface area contributed by atoms with Crippen LogP contribution in [0.15, 0.2) is 51.7 Å². The van der Waals surface area contributed by atoms with Crippen molar-refractivity contribution in [3.63, 3.8) is 0 Å². The number of oxazole rings is 1. The molecule has 1 aromatic carbocycles. The first-order valence-electron chi connectivity index (χ1n) is 7.23. The van der Waals surface area contributed by atoms with E-state index < -0.39 is 0 Å². The molecule has 0 aliphatic rings. The zero-order valence-electron chi connectivity index (χ0n) is 12.8. The lowest BCUT2D eigenvalue weighted by atomic mass is 10.2. The number of nitrogens with zero attached hydrogens (tertiary/aromatic N) is 4. The number of rotatable bonds is 5. The van der Waals surface area contributed by atoms with E-state index in [1.54, 1.807) is 25.6 Å². The second-order valence-corrected chi connectivity index (χ2v) is 5.04. The molecule has 0 saturated heterocycles. The highest BCUT2D eigenvalue weighted by atomic mass is 16.5. The van der Waals surface area contributed by atoms with Crippen molar-refractivity contribution in [3.8, 4) is 28.8 Å². The van der Waals surface area contributed by atoms with Crippen LogP contribution in [0.25, 0.3) is 23.0 Å². The number of H-pyrrole nitrogens is 1. The van der Waals surface area contributed by atoms with E-state index in [0.29, 0.717) is 29.7 Å². The summed E-state index contributed by atoms with van der Waals surface area (Å²) in [6, 6.07) is 9.25. The van der Waals surface area contributed by atoms with Crippen molar-refractivity contribution < 1.29 is 13.7 Å². The van der Waals surface area contributed by atoms with Crippen LogP contribution in [-0.2, 0) is 6.42 Å². The maximum absolute atomic E-state index is 5.52. The Morgan fingerprint density at radius 1 is 1.08 bits per heavy atom. The number of ether oxygens (including phenoxy) is 1. The largest absolute Gasteiger partial charge is 0.497 e. The lowest BCUT2D eigenvalue weighted by Crippen LogP contribution is -1.91. The second-order valence-electron chi connectivity index (χ2n) is 5.04. The molecule has 1 N–H and O–H groups in total. The van der Waals surface area contributed by atoms with Gasteiger partial charge in [-0.25, -0.2) is 4.98 Å². The molecule has 3 heterocycles. The van der Waals surface area contributed by atoms with Crippen molar-refractivity contribution in [3.05, 3.63) is 54.3 Å². The Hall–Kier alpha value is -3.42. The van der Waals surface area contributed by atoms with Crippen molar-refractivity contribution >= 4 is 0 Å². The van der Waals surface area contributed by atoms with E-state index in [-0.39, 0.29) is 0 Å². The molecule has 0 spiro atoms. The predicted octanol–water partition coefficient (Wildman–Crippen LogP) is 2.71. The molecule has 4 rings (SSSR count). The molecule has 0 aliphatic heterocycles. The minimum atomic E-state index is 0.390. The van der Waals surface area contributed by atoms with E-state index in [0.717, 1.165) is 17.0 Å². The van der Waals surface area contributed by atoms with Crippen molar-refractivity contribution in [2.45, 2.75) is 6.42 Å². The first kappa shape index (κ1) is 14.2. The third kappa shape index (κ3) is 2.76. The fraction of sp³-hybridized carbons (Fsp3) is 0.125. The van der Waals surface area contributed by atoms with E-state index in [4.69, 9.17) is 13.7 Å². The van der Waals surface area contributed by atoms with Crippen LogP contribution >= 0.6 is 0 Å². The van der Waals surface area contributed by atoms with Crippen molar-refractivity contribution in [1.29, 1.82) is 0 Å². The van der Waals surface area contributed by atoms with Gasteiger partial charge in [0, 0.05) is 11.8 Å². The van der Waals surface area contributed by atoms with Gasteiger partial charge in [0.2, 0.25) is 5.89 Å². The van der Waals surface area contributed by atoms with Crippen LogP contribution in [0.1, 0.15) is 11.5 Å². The van der Waals surface area contributed by atoms with Gasteiger partial charge in [0.25, 0.3) is 5.89 Å². The van der Waals surface area contributed by atoms with Crippen molar-refractivity contribution in [2.75, 3.05) is 7.11 Å². The molecule has 24 heavy (non-hydrogen) atoms. The average Bonchev–Trinajstić information content (AvgIpc) is 3.37. The van der Waals surface area contributed by atoms with E-state index in [1.807, 2.05) is 24.3 Å². The van der Waals surface area contributed by atoms with Crippen LogP contribution in [0.5, 0.6) is 5.75 Å². The summed E-state index contributed by atoms with van der Waals surface area (Å²) in [6.07, 6.45) is 3.63. The molecular weight excluding hydrogens is 310 g/mol. The highest BCUT2D eigenvalue weighted by molar-refractivity contribution is 5.54. The van der Waals surface area contributed by atoms with Gasteiger partial charge in [-0.2, -0.15) is 10.1 Å². The van der Waals surface area contributed by atoms with Gasteiger partial charge in [0.15, 0.2) is 5.82 Å². The number of hydrogen-bond donors (Lipinski definition) is 1. The summed E-state index contributed by atoms with van der Waals surface area (Å²) in [5.74, 6) is 2.23. The fourth-order valence-corrected chi connectivity index (χ4v) is 2.23. The minimum Gasteiger partial charge on any atom is -0.497 e. The van der Waals surface area contributed by atoms with Crippen LogP contribution in [0.2, 0.25) is 0 Å². The highest BCUT2D eigenvalue weighted by Crippen LogP contribution is 2.22. The van der Waals surface area contributed by atoms with Crippen LogP contribution < -0.4 is 4.74 Å². The van der Waals surface area contributed by atoms with Gasteiger partial charge in [-0.1, -0.05) is 5.16 Å². The van der Waals surface area contributed by atoms with Gasteiger partial charge < -0.3 is 13.7 Å². The molecule has 4 aromatic rings. The normalized spacial score (nSPS) is 10.9. The molecule has 8 nitrogen and oxygen atoms in total. The SMILES string of the molecule is COc1ccc(-c2nc(Cc3noc(-c4ccn[nH]4)n3)co2)cc1. The Morgan fingerprint density at radius 2 is 1.96 bits per heavy atom. The number of nitrogens with one attached hydrogen (secondary N) is 1. The standard InChI is InChI=1S/C16H13N5O3/c1-22-12-4-2-10(3-5-12)15-18-11(9-23-15)8-14-19-16(24-21-14)13-6-7-17-20-13/h2-7,9H,8H2,1H3,(H,17,20). The van der Waals surface area contributed by atoms with E-state index in [2.05, 4.69) is 25.3 Å². The molecule has 3 aromatic heterocycles. The molecule has 0 aliphatic carbocycles. The zero-order valence-corrected chi connectivity index (χ0v) is 12.8. The summed E-state index contributed by atoms with van der Waals surface area (Å²) in [7, 11) is 1.63. The molecule has 0 amide bonds. The molecule has 0 bridgehead atoms. The lowest BCUT2D eigenvalue weighted by molar-refractivity contribution is 0.415. The van der Waals surface area contributed by atoms with Gasteiger partial charge >= 0.3 is 0 Å². The highest BCUT2D eigenvalue weighted by Gasteiger charge is 2.13. The summed E-state index contributed by atoms with van der Waals surface area (Å²) >= 11 is 0. The minimum absolute atomic E-state index is 0.390. The first-order chi connectivity index (χ1) is 11.8. The van der Waals surface area contributed by atoms with E-state index >= 15 is 0 Å². The van der Waals surface area contributed by atoms with Gasteiger partial charge in [-0.05, 0) is 30.3 Å². The summed E-state index contributed by atoms with van der Waals surface area (Å²) in [5, 5.41) is 10.6. The maximum atomic E-state index is 5.52. The Balaban J connectivity index is 1.50. The van der Waals surface area contributed by atoms with Gasteiger partial charge in [0.05, 0.1) is 19.2 Å². The third-order valence-corrected chi connectivity index (χ3v) is 3.43. The molecule has 8 heteroatoms. The molecule has 0 saturated carbocycles. The molecule has 0 radical (unpaired) electrons. The Morgan fingerprint density at radius 3 is 2.71 bits per heavy atom. The summed E-state index contributed by atoms with van der Waals surface area (Å²) in [5.41, 5.74) is 2.26. The lowest BCUT2D eigenvalue weighted by Gasteiger charge is -1.99. The van der Waals surface area contributed by atoms with Gasteiger partial charge in [-0.3, -0.25) is 5.10 Å². The van der Waals surface area contributed by atoms with Crippen LogP contribution in [0.4, 0.5) is 0 Å². The Bertz CT molecular complexity index is 925. The van der Waals surface area contributed by atoms with Crippen LogP contribution in [0.3, 0.4) is 0 Å². The molecule has 120 valence electrons. The van der Waals surface area contributed by atoms with Gasteiger partial charge in [0.1, 0.15) is 17.7 Å². The van der Waals surface area contributed by atoms with Crippen LogP contribution in [0, 0.1) is 0 Å². The topological polar surface area (TPSA) is 103 Å². The summed E-state index contributed by atoms with van der Waals surface area (Å²) in [6.45, 7) is 0. The number of aromatic nitrogens is 5. The zero-order chi connectivity index (χ0) is 16.4. The first-order valence-corrected chi connectivity index (χ1v) is 7.23. The summed E-state index contributed by atoms with van der Waals surface area (Å²) < 4.78 is 15.9. The van der Waals surface area contributed by atoms with Crippen molar-refractivity contribution in [1.82, 2.24) is 25.3 Å². The molecular formula is C16H13N5O3. The van der Waals surface area contributed by atoms with Crippen molar-refractivity contribution in [2.24, 2.45) is 0 Å². The fourth-order valence-electron chi connectivity index (χ4n) is 2.23. The quantitative estimate of drug-likeness (QED) is 0.602. The number of aromatic amines is 1. The monoisotopic (exact) mass is 323 g/mol. The maximum Gasteiger partial charge on any atom is 0.275 e. The molecule has 0 fully saturated rings. The molecule has 0 atom stereocenters. The average molecular weight is 323 g/mol. The Kier molecular flexibility index (Phi) is 3.54. The van der Waals surface area contributed by atoms with Gasteiger partial charge in [-0.15, -0.1) is 0 Å². The third-order valence-electron chi connectivity index (χ3n) is 3.43. The smallest absolute Gasteiger partial charge is 0.275 e. The number of hydrogen-bond acceptors (Lipinski definition) is 7. The summed E-state index contributed by atoms with van der Waals surface area (Å²) in [4.78, 5) is 8.76. The van der Waals surface area contributed by atoms with Crippen LogP contribution in [-0.4, -0.2) is 32.4 Å². The van der Waals surface area contributed by atoms with E-state index in [9.17, 15) is 0 Å².